The number of nitrogens with zero attached hydrogens (tertiary/aromatic N) is 1. The Balaban J connectivity index is 1.62. The maximum Gasteiger partial charge on any atom is 0.253 e. The lowest BCUT2D eigenvalue weighted by Gasteiger charge is -2.32. The molecule has 1 fully saturated rings. The zero-order chi connectivity index (χ0) is 24.0. The second kappa shape index (κ2) is 11.3. The largest absolute Gasteiger partial charge is 0.383 e. The molecule has 33 heavy (non-hydrogen) atoms. The van der Waals surface area contributed by atoms with E-state index >= 15 is 0 Å². The average Bonchev–Trinajstić information content (AvgIpc) is 2.78. The lowest BCUT2D eigenvalue weighted by Crippen LogP contribution is -2.43. The molecule has 0 radical (unpaired) electrons. The van der Waals surface area contributed by atoms with Crippen molar-refractivity contribution in [3.63, 3.8) is 0 Å². The number of methoxy groups -OCH3 is 1. The number of piperidine rings is 1. The molecule has 7 nitrogen and oxygen atoms in total. The summed E-state index contributed by atoms with van der Waals surface area (Å²) < 4.78 is 4.92. The van der Waals surface area contributed by atoms with Gasteiger partial charge >= 0.3 is 0 Å². The maximum atomic E-state index is 13.0. The summed E-state index contributed by atoms with van der Waals surface area (Å²) >= 11 is 6.27. The molecular formula is C25H30ClN3O4. The molecule has 1 unspecified atom stereocenters. The van der Waals surface area contributed by atoms with E-state index in [1.54, 1.807) is 30.2 Å². The van der Waals surface area contributed by atoms with Crippen LogP contribution in [0.5, 0.6) is 0 Å². The molecule has 2 N–H and O–H groups in total. The summed E-state index contributed by atoms with van der Waals surface area (Å²) in [4.78, 5) is 39.9. The first kappa shape index (κ1) is 24.7. The molecule has 1 heterocycles. The third-order valence-corrected chi connectivity index (χ3v) is 5.93. The van der Waals surface area contributed by atoms with Crippen LogP contribution in [-0.2, 0) is 9.53 Å². The van der Waals surface area contributed by atoms with Crippen molar-refractivity contribution in [3.05, 3.63) is 63.7 Å². The number of likely N-dealkylation sites (tertiary alicyclic amines) is 1. The van der Waals surface area contributed by atoms with E-state index in [9.17, 15) is 14.4 Å². The van der Waals surface area contributed by atoms with E-state index in [2.05, 4.69) is 10.6 Å². The maximum absolute atomic E-state index is 13.0. The summed E-state index contributed by atoms with van der Waals surface area (Å²) in [6.45, 7) is 5.72. The van der Waals surface area contributed by atoms with Gasteiger partial charge in [0, 0.05) is 38.0 Å². The Morgan fingerprint density at radius 2 is 1.85 bits per heavy atom. The molecule has 176 valence electrons. The molecule has 1 aliphatic heterocycles. The zero-order valence-electron chi connectivity index (χ0n) is 19.2. The standard InChI is InChI=1S/C25H30ClN3O4/c1-16-11-17(2)13-19(12-16)25(32)29-9-4-5-18(15-29)23(30)28-20-6-7-21(22(26)14-20)24(31)27-8-10-33-3/h6-7,11-14,18H,4-5,8-10,15H2,1-3H3,(H,27,31)(H,28,30). The summed E-state index contributed by atoms with van der Waals surface area (Å²) in [6.07, 6.45) is 1.46. The van der Waals surface area contributed by atoms with Crippen molar-refractivity contribution in [2.24, 2.45) is 5.92 Å². The number of benzene rings is 2. The molecule has 0 saturated carbocycles. The molecule has 0 aliphatic carbocycles. The van der Waals surface area contributed by atoms with Crippen molar-refractivity contribution in [2.75, 3.05) is 38.7 Å². The Kier molecular flexibility index (Phi) is 8.47. The van der Waals surface area contributed by atoms with Gasteiger partial charge in [0.1, 0.15) is 0 Å². The van der Waals surface area contributed by atoms with Gasteiger partial charge in [-0.2, -0.15) is 0 Å². The quantitative estimate of drug-likeness (QED) is 0.601. The lowest BCUT2D eigenvalue weighted by molar-refractivity contribution is -0.121. The van der Waals surface area contributed by atoms with Crippen LogP contribution < -0.4 is 10.6 Å². The second-order valence-corrected chi connectivity index (χ2v) is 8.81. The van der Waals surface area contributed by atoms with Crippen molar-refractivity contribution >= 4 is 35.0 Å². The van der Waals surface area contributed by atoms with E-state index in [0.717, 1.165) is 17.5 Å². The van der Waals surface area contributed by atoms with E-state index in [0.29, 0.717) is 49.5 Å². The van der Waals surface area contributed by atoms with Crippen molar-refractivity contribution in [2.45, 2.75) is 26.7 Å². The summed E-state index contributed by atoms with van der Waals surface area (Å²) in [6, 6.07) is 10.6. The number of rotatable bonds is 7. The van der Waals surface area contributed by atoms with Crippen LogP contribution in [-0.4, -0.2) is 56.0 Å². The number of hydrogen-bond acceptors (Lipinski definition) is 4. The first-order valence-corrected chi connectivity index (χ1v) is 11.4. The normalized spacial score (nSPS) is 15.8. The zero-order valence-corrected chi connectivity index (χ0v) is 20.0. The SMILES string of the molecule is COCCNC(=O)c1ccc(NC(=O)C2CCCN(C(=O)c3cc(C)cc(C)c3)C2)cc1Cl. The molecule has 1 aliphatic rings. The Morgan fingerprint density at radius 1 is 1.12 bits per heavy atom. The monoisotopic (exact) mass is 471 g/mol. The molecule has 0 aromatic heterocycles. The topological polar surface area (TPSA) is 87.7 Å². The molecule has 0 spiro atoms. The Morgan fingerprint density at radius 3 is 2.52 bits per heavy atom. The Labute approximate surface area is 199 Å². The van der Waals surface area contributed by atoms with Gasteiger partial charge in [0.2, 0.25) is 5.91 Å². The van der Waals surface area contributed by atoms with E-state index in [-0.39, 0.29) is 28.7 Å². The van der Waals surface area contributed by atoms with Gasteiger partial charge in [-0.1, -0.05) is 28.8 Å². The van der Waals surface area contributed by atoms with Crippen molar-refractivity contribution in [1.29, 1.82) is 0 Å². The van der Waals surface area contributed by atoms with Gasteiger partial charge in [-0.3, -0.25) is 14.4 Å². The Bertz CT molecular complexity index is 1020. The van der Waals surface area contributed by atoms with E-state index in [1.165, 1.54) is 0 Å². The van der Waals surface area contributed by atoms with Crippen LogP contribution >= 0.6 is 11.6 Å². The van der Waals surface area contributed by atoms with Crippen molar-refractivity contribution in [3.8, 4) is 0 Å². The molecule has 2 aromatic carbocycles. The molecule has 1 saturated heterocycles. The van der Waals surface area contributed by atoms with Crippen molar-refractivity contribution in [1.82, 2.24) is 10.2 Å². The highest BCUT2D eigenvalue weighted by Crippen LogP contribution is 2.24. The van der Waals surface area contributed by atoms with Crippen molar-refractivity contribution < 1.29 is 19.1 Å². The fourth-order valence-electron chi connectivity index (χ4n) is 4.04. The highest BCUT2D eigenvalue weighted by atomic mass is 35.5. The Hall–Kier alpha value is -2.90. The van der Waals surface area contributed by atoms with Gasteiger partial charge in [0.15, 0.2) is 0 Å². The summed E-state index contributed by atoms with van der Waals surface area (Å²) in [5.41, 5.74) is 3.57. The minimum Gasteiger partial charge on any atom is -0.383 e. The van der Waals surface area contributed by atoms with Crippen LogP contribution in [0.15, 0.2) is 36.4 Å². The highest BCUT2D eigenvalue weighted by Gasteiger charge is 2.29. The number of halogens is 1. The molecule has 8 heteroatoms. The molecule has 2 aromatic rings. The minimum absolute atomic E-state index is 0.0498. The number of aryl methyl sites for hydroxylation is 2. The summed E-state index contributed by atoms with van der Waals surface area (Å²) in [5, 5.41) is 5.84. The highest BCUT2D eigenvalue weighted by molar-refractivity contribution is 6.34. The first-order chi connectivity index (χ1) is 15.8. The summed E-state index contributed by atoms with van der Waals surface area (Å²) in [5.74, 6) is -0.834. The van der Waals surface area contributed by atoms with Gasteiger partial charge in [0.05, 0.1) is 23.1 Å². The van der Waals surface area contributed by atoms with E-state index in [1.807, 2.05) is 32.0 Å². The number of nitrogens with one attached hydrogen (secondary N) is 2. The van der Waals surface area contributed by atoms with Gasteiger partial charge in [-0.05, 0) is 57.0 Å². The molecule has 3 amide bonds. The van der Waals surface area contributed by atoms with Crippen LogP contribution in [0.2, 0.25) is 5.02 Å². The lowest BCUT2D eigenvalue weighted by atomic mass is 9.96. The van der Waals surface area contributed by atoms with Crippen LogP contribution in [0.25, 0.3) is 0 Å². The average molecular weight is 472 g/mol. The van der Waals surface area contributed by atoms with Crippen LogP contribution in [0, 0.1) is 19.8 Å². The second-order valence-electron chi connectivity index (χ2n) is 8.40. The van der Waals surface area contributed by atoms with Gasteiger partial charge < -0.3 is 20.3 Å². The van der Waals surface area contributed by atoms with Gasteiger partial charge in [0.25, 0.3) is 11.8 Å². The smallest absolute Gasteiger partial charge is 0.253 e. The fraction of sp³-hybridized carbons (Fsp3) is 0.400. The number of hydrogen-bond donors (Lipinski definition) is 2. The fourth-order valence-corrected chi connectivity index (χ4v) is 4.31. The van der Waals surface area contributed by atoms with Crippen LogP contribution in [0.3, 0.4) is 0 Å². The summed E-state index contributed by atoms with van der Waals surface area (Å²) in [7, 11) is 1.56. The molecular weight excluding hydrogens is 442 g/mol. The number of anilines is 1. The predicted octanol–water partition coefficient (Wildman–Crippen LogP) is 3.82. The third kappa shape index (κ3) is 6.55. The molecule has 1 atom stereocenters. The predicted molar refractivity (Wildman–Crippen MR) is 129 cm³/mol. The van der Waals surface area contributed by atoms with Crippen LogP contribution in [0.1, 0.15) is 44.7 Å². The third-order valence-electron chi connectivity index (χ3n) is 5.62. The van der Waals surface area contributed by atoms with Gasteiger partial charge in [-0.15, -0.1) is 0 Å². The number of carbonyl (C=O) groups excluding carboxylic acids is 3. The number of ether oxygens (including phenoxy) is 1. The van der Waals surface area contributed by atoms with E-state index < -0.39 is 0 Å². The molecule has 0 bridgehead atoms. The van der Waals surface area contributed by atoms with Crippen LogP contribution in [0.4, 0.5) is 5.69 Å². The number of carbonyl (C=O) groups is 3. The van der Waals surface area contributed by atoms with Gasteiger partial charge in [-0.25, -0.2) is 0 Å². The molecule has 3 rings (SSSR count). The first-order valence-electron chi connectivity index (χ1n) is 11.0. The van der Waals surface area contributed by atoms with E-state index in [4.69, 9.17) is 16.3 Å². The minimum atomic E-state index is -0.315. The number of amides is 3.